The van der Waals surface area contributed by atoms with Crippen LogP contribution < -0.4 is 20.1 Å². The Kier molecular flexibility index (Phi) is 5.10. The highest BCUT2D eigenvalue weighted by atomic mass is 16.5. The molecule has 3 N–H and O–H groups in total. The number of anilines is 2. The molecule has 1 aromatic heterocycles. The van der Waals surface area contributed by atoms with Gasteiger partial charge in [0.2, 0.25) is 5.82 Å². The molecule has 9 heteroatoms. The van der Waals surface area contributed by atoms with Gasteiger partial charge in [0.1, 0.15) is 0 Å². The molecule has 0 fully saturated rings. The summed E-state index contributed by atoms with van der Waals surface area (Å²) in [7, 11) is 3.14. The van der Waals surface area contributed by atoms with Crippen LogP contribution in [0.15, 0.2) is 42.5 Å². The van der Waals surface area contributed by atoms with E-state index in [0.29, 0.717) is 35.9 Å². The van der Waals surface area contributed by atoms with Crippen LogP contribution in [0.4, 0.5) is 11.4 Å². The first-order valence-corrected chi connectivity index (χ1v) is 9.05. The number of aromatic amines is 1. The molecule has 1 amide bonds. The lowest BCUT2D eigenvalue weighted by Crippen LogP contribution is -2.05. The molecule has 2 heterocycles. The van der Waals surface area contributed by atoms with Crippen LogP contribution in [0.3, 0.4) is 0 Å². The van der Waals surface area contributed by atoms with Gasteiger partial charge in [-0.2, -0.15) is 5.21 Å². The Morgan fingerprint density at radius 1 is 1.10 bits per heavy atom. The highest BCUT2D eigenvalue weighted by molar-refractivity contribution is 6.31. The number of amides is 1. The van der Waals surface area contributed by atoms with Gasteiger partial charge in [0.05, 0.1) is 19.9 Å². The quantitative estimate of drug-likeness (QED) is 0.418. The van der Waals surface area contributed by atoms with Gasteiger partial charge in [-0.1, -0.05) is 6.08 Å². The fourth-order valence-electron chi connectivity index (χ4n) is 3.17. The first kappa shape index (κ1) is 18.5. The SMILES string of the molecule is COc1cc2c(cc1OC)C(=CCCNc1ccc(-c3nn[nH]n3)cc1)C(=O)N2. The van der Waals surface area contributed by atoms with Gasteiger partial charge in [-0.25, -0.2) is 0 Å². The third-order valence-corrected chi connectivity index (χ3v) is 4.62. The maximum atomic E-state index is 12.3. The number of fused-ring (bicyclic) bond motifs is 1. The van der Waals surface area contributed by atoms with Crippen LogP contribution in [0, 0.1) is 0 Å². The van der Waals surface area contributed by atoms with Crippen LogP contribution in [-0.4, -0.2) is 47.3 Å². The molecule has 0 bridgehead atoms. The number of carbonyl (C=O) groups is 1. The Labute approximate surface area is 167 Å². The van der Waals surface area contributed by atoms with Crippen molar-refractivity contribution in [3.63, 3.8) is 0 Å². The normalized spacial score (nSPS) is 13.9. The van der Waals surface area contributed by atoms with E-state index in [1.807, 2.05) is 36.4 Å². The second kappa shape index (κ2) is 8.01. The van der Waals surface area contributed by atoms with Gasteiger partial charge in [-0.05, 0) is 42.0 Å². The number of ether oxygens (including phenoxy) is 2. The summed E-state index contributed by atoms with van der Waals surface area (Å²) >= 11 is 0. The van der Waals surface area contributed by atoms with Crippen molar-refractivity contribution in [2.24, 2.45) is 0 Å². The third kappa shape index (κ3) is 3.75. The van der Waals surface area contributed by atoms with Gasteiger partial charge < -0.3 is 20.1 Å². The van der Waals surface area contributed by atoms with E-state index in [1.165, 1.54) is 0 Å². The average Bonchev–Trinajstić information content (AvgIpc) is 3.38. The second-order valence-corrected chi connectivity index (χ2v) is 6.35. The highest BCUT2D eigenvalue weighted by Gasteiger charge is 2.26. The Hall–Kier alpha value is -3.88. The molecule has 0 unspecified atom stereocenters. The number of rotatable bonds is 7. The molecule has 0 saturated carbocycles. The number of nitrogens with one attached hydrogen (secondary N) is 3. The van der Waals surface area contributed by atoms with E-state index < -0.39 is 0 Å². The Morgan fingerprint density at radius 2 is 1.86 bits per heavy atom. The van der Waals surface area contributed by atoms with Gasteiger partial charge in [0, 0.05) is 35.0 Å². The number of aromatic nitrogens is 4. The standard InChI is InChI=1S/C20H20N6O3/c1-28-17-10-15-14(20(27)22-16(15)11-18(17)29-2)4-3-9-21-13-7-5-12(6-8-13)19-23-25-26-24-19/h4-8,10-11,21H,3,9H2,1-2H3,(H,22,27)(H,23,24,25,26). The molecular weight excluding hydrogens is 372 g/mol. The van der Waals surface area contributed by atoms with E-state index in [9.17, 15) is 4.79 Å². The zero-order chi connectivity index (χ0) is 20.2. The second-order valence-electron chi connectivity index (χ2n) is 6.35. The molecule has 0 atom stereocenters. The Morgan fingerprint density at radius 3 is 2.55 bits per heavy atom. The van der Waals surface area contributed by atoms with Crippen LogP contribution in [-0.2, 0) is 4.79 Å². The molecule has 29 heavy (non-hydrogen) atoms. The molecule has 148 valence electrons. The van der Waals surface area contributed by atoms with Gasteiger partial charge in [0.15, 0.2) is 11.5 Å². The number of nitrogens with zero attached hydrogens (tertiary/aromatic N) is 3. The fraction of sp³-hybridized carbons (Fsp3) is 0.200. The van der Waals surface area contributed by atoms with Gasteiger partial charge in [-0.3, -0.25) is 4.79 Å². The molecule has 1 aliphatic heterocycles. The zero-order valence-electron chi connectivity index (χ0n) is 16.0. The summed E-state index contributed by atoms with van der Waals surface area (Å²) in [6.45, 7) is 0.682. The Bertz CT molecular complexity index is 1040. The van der Waals surface area contributed by atoms with E-state index in [-0.39, 0.29) is 5.91 Å². The first-order chi connectivity index (χ1) is 14.2. The molecule has 4 rings (SSSR count). The number of hydrogen-bond acceptors (Lipinski definition) is 7. The van der Waals surface area contributed by atoms with Crippen molar-refractivity contribution >= 4 is 22.9 Å². The summed E-state index contributed by atoms with van der Waals surface area (Å²) < 4.78 is 10.6. The summed E-state index contributed by atoms with van der Waals surface area (Å²) in [4.78, 5) is 12.3. The topological polar surface area (TPSA) is 114 Å². The highest BCUT2D eigenvalue weighted by Crippen LogP contribution is 2.40. The van der Waals surface area contributed by atoms with Crippen LogP contribution in [0.1, 0.15) is 12.0 Å². The Balaban J connectivity index is 1.41. The fourth-order valence-corrected chi connectivity index (χ4v) is 3.17. The smallest absolute Gasteiger partial charge is 0.256 e. The summed E-state index contributed by atoms with van der Waals surface area (Å²) in [6.07, 6.45) is 2.61. The van der Waals surface area contributed by atoms with Gasteiger partial charge in [-0.15, -0.1) is 10.2 Å². The monoisotopic (exact) mass is 392 g/mol. The van der Waals surface area contributed by atoms with Crippen molar-refractivity contribution < 1.29 is 14.3 Å². The van der Waals surface area contributed by atoms with Gasteiger partial charge >= 0.3 is 0 Å². The molecule has 9 nitrogen and oxygen atoms in total. The van der Waals surface area contributed by atoms with Crippen LogP contribution >= 0.6 is 0 Å². The van der Waals surface area contributed by atoms with Gasteiger partial charge in [0.25, 0.3) is 5.91 Å². The third-order valence-electron chi connectivity index (χ3n) is 4.62. The molecular formula is C20H20N6O3. The number of carbonyl (C=O) groups excluding carboxylic acids is 1. The predicted molar refractivity (Wildman–Crippen MR) is 109 cm³/mol. The van der Waals surface area contributed by atoms with E-state index in [0.717, 1.165) is 22.5 Å². The van der Waals surface area contributed by atoms with Crippen LogP contribution in [0.25, 0.3) is 17.0 Å². The molecule has 0 aliphatic carbocycles. The van der Waals surface area contributed by atoms with Crippen molar-refractivity contribution in [2.75, 3.05) is 31.4 Å². The summed E-state index contributed by atoms with van der Waals surface area (Å²) in [5, 5.41) is 20.1. The maximum Gasteiger partial charge on any atom is 0.256 e. The zero-order valence-corrected chi connectivity index (χ0v) is 16.0. The average molecular weight is 392 g/mol. The lowest BCUT2D eigenvalue weighted by molar-refractivity contribution is -0.110. The molecule has 1 aliphatic rings. The van der Waals surface area contributed by atoms with E-state index >= 15 is 0 Å². The lowest BCUT2D eigenvalue weighted by atomic mass is 10.1. The number of tetrazole rings is 1. The largest absolute Gasteiger partial charge is 0.493 e. The van der Waals surface area contributed by atoms with E-state index in [1.54, 1.807) is 20.3 Å². The number of H-pyrrole nitrogens is 1. The summed E-state index contributed by atoms with van der Waals surface area (Å²) in [5.74, 6) is 1.60. The van der Waals surface area contributed by atoms with Crippen molar-refractivity contribution in [1.82, 2.24) is 20.6 Å². The molecule has 0 saturated heterocycles. The number of methoxy groups -OCH3 is 2. The molecule has 0 radical (unpaired) electrons. The molecule has 0 spiro atoms. The van der Waals surface area contributed by atoms with Crippen molar-refractivity contribution in [3.8, 4) is 22.9 Å². The minimum absolute atomic E-state index is 0.125. The van der Waals surface area contributed by atoms with Crippen molar-refractivity contribution in [3.05, 3.63) is 48.0 Å². The minimum Gasteiger partial charge on any atom is -0.493 e. The number of benzene rings is 2. The molecule has 3 aromatic rings. The number of hydrogen-bond donors (Lipinski definition) is 3. The van der Waals surface area contributed by atoms with E-state index in [2.05, 4.69) is 31.3 Å². The first-order valence-electron chi connectivity index (χ1n) is 9.05. The van der Waals surface area contributed by atoms with Crippen LogP contribution in [0.5, 0.6) is 11.5 Å². The van der Waals surface area contributed by atoms with Crippen molar-refractivity contribution in [2.45, 2.75) is 6.42 Å². The minimum atomic E-state index is -0.125. The van der Waals surface area contributed by atoms with Crippen molar-refractivity contribution in [1.29, 1.82) is 0 Å². The van der Waals surface area contributed by atoms with E-state index in [4.69, 9.17) is 9.47 Å². The summed E-state index contributed by atoms with van der Waals surface area (Å²) in [5.41, 5.74) is 4.03. The lowest BCUT2D eigenvalue weighted by Gasteiger charge is -2.09. The molecule has 2 aromatic carbocycles. The maximum absolute atomic E-state index is 12.3. The predicted octanol–water partition coefficient (Wildman–Crippen LogP) is 2.72. The summed E-state index contributed by atoms with van der Waals surface area (Å²) in [6, 6.07) is 11.3. The van der Waals surface area contributed by atoms with Crippen LogP contribution in [0.2, 0.25) is 0 Å².